The van der Waals surface area contributed by atoms with Crippen LogP contribution in [0, 0.1) is 11.6 Å². The summed E-state index contributed by atoms with van der Waals surface area (Å²) in [5.41, 5.74) is 2.74. The van der Waals surface area contributed by atoms with Crippen LogP contribution in [0.25, 0.3) is 27.7 Å². The largest absolute Gasteiger partial charge is 0.496 e. The van der Waals surface area contributed by atoms with Gasteiger partial charge < -0.3 is 23.9 Å². The molecule has 0 fully saturated rings. The lowest BCUT2D eigenvalue weighted by Gasteiger charge is -2.28. The van der Waals surface area contributed by atoms with Crippen molar-refractivity contribution in [2.45, 2.75) is 19.3 Å². The van der Waals surface area contributed by atoms with Crippen molar-refractivity contribution in [2.24, 2.45) is 0 Å². The summed E-state index contributed by atoms with van der Waals surface area (Å²) in [5.74, 6) is -1.81. The molecule has 0 aliphatic carbocycles. The van der Waals surface area contributed by atoms with E-state index < -0.39 is 23.0 Å². The normalized spacial score (nSPS) is 11.6. The van der Waals surface area contributed by atoms with Crippen LogP contribution in [-0.2, 0) is 10.2 Å². The first-order valence-electron chi connectivity index (χ1n) is 11.2. The Labute approximate surface area is 207 Å². The third-order valence-electron chi connectivity index (χ3n) is 6.19. The van der Waals surface area contributed by atoms with E-state index in [9.17, 15) is 18.7 Å². The van der Waals surface area contributed by atoms with E-state index in [1.807, 2.05) is 18.4 Å². The number of aromatic carboxylic acids is 1. The number of fused-ring (bicyclic) bond motifs is 1. The second-order valence-electron chi connectivity index (χ2n) is 9.08. The molecule has 8 heteroatoms. The van der Waals surface area contributed by atoms with Crippen LogP contribution in [0.2, 0.25) is 0 Å². The summed E-state index contributed by atoms with van der Waals surface area (Å²) in [4.78, 5) is 11.7. The van der Waals surface area contributed by atoms with Crippen LogP contribution < -0.4 is 9.47 Å². The third-order valence-corrected chi connectivity index (χ3v) is 6.19. The van der Waals surface area contributed by atoms with Crippen molar-refractivity contribution in [3.05, 3.63) is 77.5 Å². The van der Waals surface area contributed by atoms with Crippen molar-refractivity contribution >= 4 is 16.9 Å². The Kier molecular flexibility index (Phi) is 6.73. The average molecular weight is 496 g/mol. The van der Waals surface area contributed by atoms with Crippen molar-refractivity contribution in [3.63, 3.8) is 0 Å². The average Bonchev–Trinajstić information content (AvgIpc) is 3.19. The zero-order valence-electron chi connectivity index (χ0n) is 20.7. The number of benzene rings is 3. The maximum absolute atomic E-state index is 14.6. The molecule has 0 unspecified atom stereocenters. The summed E-state index contributed by atoms with van der Waals surface area (Å²) >= 11 is 0. The molecule has 0 spiro atoms. The van der Waals surface area contributed by atoms with Crippen LogP contribution in [0.5, 0.6) is 11.5 Å². The maximum atomic E-state index is 14.6. The molecule has 0 saturated carbocycles. The van der Waals surface area contributed by atoms with Crippen molar-refractivity contribution < 1.29 is 32.9 Å². The van der Waals surface area contributed by atoms with E-state index in [2.05, 4.69) is 0 Å². The van der Waals surface area contributed by atoms with E-state index in [0.29, 0.717) is 23.4 Å². The number of carboxylic acid groups (broad SMARTS) is 1. The summed E-state index contributed by atoms with van der Waals surface area (Å²) in [6.45, 7) is 4.30. The molecular weight excluding hydrogens is 468 g/mol. The molecule has 0 aliphatic rings. The van der Waals surface area contributed by atoms with Gasteiger partial charge >= 0.3 is 5.97 Å². The van der Waals surface area contributed by atoms with Crippen molar-refractivity contribution in [1.29, 1.82) is 0 Å². The zero-order chi connectivity index (χ0) is 26.2. The number of rotatable bonds is 8. The van der Waals surface area contributed by atoms with Gasteiger partial charge in [0.15, 0.2) is 11.6 Å². The molecule has 0 bridgehead atoms. The second-order valence-corrected chi connectivity index (χ2v) is 9.08. The van der Waals surface area contributed by atoms with Crippen LogP contribution >= 0.6 is 0 Å². The molecule has 0 radical (unpaired) electrons. The molecule has 3 aromatic carbocycles. The number of hydrogen-bond donors (Lipinski definition) is 1. The number of carbonyl (C=O) groups is 1. The summed E-state index contributed by atoms with van der Waals surface area (Å²) in [7, 11) is 4.39. The fourth-order valence-corrected chi connectivity index (χ4v) is 4.70. The molecule has 1 aromatic heterocycles. The van der Waals surface area contributed by atoms with Gasteiger partial charge in [0.1, 0.15) is 17.1 Å². The Morgan fingerprint density at radius 2 is 1.67 bits per heavy atom. The topological polar surface area (TPSA) is 69.9 Å². The minimum absolute atomic E-state index is 0.0250. The first kappa shape index (κ1) is 25.2. The highest BCUT2D eigenvalue weighted by atomic mass is 19.1. The van der Waals surface area contributed by atoms with Gasteiger partial charge in [-0.05, 0) is 48.0 Å². The molecule has 1 N–H and O–H groups in total. The van der Waals surface area contributed by atoms with Gasteiger partial charge in [-0.2, -0.15) is 0 Å². The third kappa shape index (κ3) is 4.28. The quantitative estimate of drug-likeness (QED) is 0.315. The van der Waals surface area contributed by atoms with Gasteiger partial charge in [-0.3, -0.25) is 0 Å². The molecule has 0 atom stereocenters. The molecule has 4 aromatic rings. The molecule has 4 rings (SSSR count). The van der Waals surface area contributed by atoms with E-state index in [0.717, 1.165) is 16.6 Å². The fraction of sp³-hybridized carbons (Fsp3) is 0.250. The molecule has 1 heterocycles. The summed E-state index contributed by atoms with van der Waals surface area (Å²) < 4.78 is 46.9. The van der Waals surface area contributed by atoms with Gasteiger partial charge in [0.25, 0.3) is 0 Å². The Morgan fingerprint density at radius 1 is 0.944 bits per heavy atom. The van der Waals surface area contributed by atoms with E-state index in [4.69, 9.17) is 14.2 Å². The van der Waals surface area contributed by atoms with Crippen LogP contribution in [0.1, 0.15) is 29.9 Å². The Bertz CT molecular complexity index is 1460. The molecule has 188 valence electrons. The standard InChI is InChI=1S/C28H27F2NO5/c1-28(2,15-34-3)26-25(16-6-9-20(27(32)33)23(12-16)35-4)19-10-7-17(29)13-22(19)31(26)18-8-11-21(30)24(14-18)36-5/h6-14H,15H2,1-5H3,(H,32,33). The van der Waals surface area contributed by atoms with Crippen molar-refractivity contribution in [3.8, 4) is 28.3 Å². The summed E-state index contributed by atoms with van der Waals surface area (Å²) in [5, 5.41) is 10.3. The number of carboxylic acids is 1. The maximum Gasteiger partial charge on any atom is 0.339 e. The number of aromatic nitrogens is 1. The van der Waals surface area contributed by atoms with Crippen LogP contribution in [-0.4, -0.2) is 43.6 Å². The van der Waals surface area contributed by atoms with Gasteiger partial charge in [-0.1, -0.05) is 19.9 Å². The lowest BCUT2D eigenvalue weighted by Crippen LogP contribution is -2.27. The van der Waals surface area contributed by atoms with E-state index >= 15 is 0 Å². The van der Waals surface area contributed by atoms with Gasteiger partial charge in [0, 0.05) is 40.9 Å². The number of hydrogen-bond acceptors (Lipinski definition) is 4. The second kappa shape index (κ2) is 9.62. The molecule has 36 heavy (non-hydrogen) atoms. The highest BCUT2D eigenvalue weighted by Gasteiger charge is 2.33. The first-order chi connectivity index (χ1) is 17.1. The molecule has 0 aliphatic heterocycles. The van der Waals surface area contributed by atoms with Crippen LogP contribution in [0.4, 0.5) is 8.78 Å². The minimum atomic E-state index is -1.11. The van der Waals surface area contributed by atoms with Crippen molar-refractivity contribution in [2.75, 3.05) is 27.9 Å². The Balaban J connectivity index is 2.17. The smallest absolute Gasteiger partial charge is 0.339 e. The lowest BCUT2D eigenvalue weighted by molar-refractivity contribution is 0.0693. The highest BCUT2D eigenvalue weighted by molar-refractivity contribution is 6.01. The Morgan fingerprint density at radius 3 is 2.31 bits per heavy atom. The van der Waals surface area contributed by atoms with E-state index in [-0.39, 0.29) is 17.1 Å². The van der Waals surface area contributed by atoms with Gasteiger partial charge in [0.2, 0.25) is 0 Å². The number of nitrogens with zero attached hydrogens (tertiary/aromatic N) is 1. The van der Waals surface area contributed by atoms with Crippen LogP contribution in [0.3, 0.4) is 0 Å². The Hall–Kier alpha value is -3.91. The summed E-state index contributed by atoms with van der Waals surface area (Å²) in [6.07, 6.45) is 0. The van der Waals surface area contributed by atoms with E-state index in [1.165, 1.54) is 38.5 Å². The SMILES string of the molecule is COCC(C)(C)c1c(-c2ccc(C(=O)O)c(OC)c2)c2ccc(F)cc2n1-c1ccc(F)c(OC)c1. The van der Waals surface area contributed by atoms with Gasteiger partial charge in [-0.15, -0.1) is 0 Å². The lowest BCUT2D eigenvalue weighted by atomic mass is 9.84. The molecule has 0 amide bonds. The monoisotopic (exact) mass is 495 g/mol. The van der Waals surface area contributed by atoms with Crippen molar-refractivity contribution in [1.82, 2.24) is 4.57 Å². The number of methoxy groups -OCH3 is 3. The highest BCUT2D eigenvalue weighted by Crippen LogP contribution is 2.44. The number of ether oxygens (including phenoxy) is 3. The molecule has 6 nitrogen and oxygen atoms in total. The fourth-order valence-electron chi connectivity index (χ4n) is 4.70. The minimum Gasteiger partial charge on any atom is -0.496 e. The van der Waals surface area contributed by atoms with Gasteiger partial charge in [-0.25, -0.2) is 13.6 Å². The summed E-state index contributed by atoms with van der Waals surface area (Å²) in [6, 6.07) is 13.8. The predicted octanol–water partition coefficient (Wildman–Crippen LogP) is 6.22. The molecular formula is C28H27F2NO5. The zero-order valence-corrected chi connectivity index (χ0v) is 20.7. The molecule has 0 saturated heterocycles. The number of halogens is 2. The van der Waals surface area contributed by atoms with Crippen LogP contribution in [0.15, 0.2) is 54.6 Å². The first-order valence-corrected chi connectivity index (χ1v) is 11.2. The van der Waals surface area contributed by atoms with Gasteiger partial charge in [0.05, 0.1) is 26.3 Å². The predicted molar refractivity (Wildman–Crippen MR) is 134 cm³/mol. The van der Waals surface area contributed by atoms with E-state index in [1.54, 1.807) is 37.4 Å².